The average Bonchev–Trinajstić information content (AvgIpc) is 3.16. The van der Waals surface area contributed by atoms with Crippen LogP contribution >= 0.6 is 0 Å². The number of hydrogen-bond donors (Lipinski definition) is 1. The minimum absolute atomic E-state index is 0.207. The van der Waals surface area contributed by atoms with Gasteiger partial charge in [0.15, 0.2) is 0 Å². The first-order valence-corrected chi connectivity index (χ1v) is 9.95. The van der Waals surface area contributed by atoms with E-state index >= 15 is 0 Å². The maximum Gasteiger partial charge on any atom is 0.226 e. The highest BCUT2D eigenvalue weighted by molar-refractivity contribution is 5.79. The van der Waals surface area contributed by atoms with Crippen LogP contribution in [0, 0.1) is 11.8 Å². The van der Waals surface area contributed by atoms with Gasteiger partial charge in [-0.3, -0.25) is 4.79 Å². The summed E-state index contributed by atoms with van der Waals surface area (Å²) in [5, 5.41) is 0. The van der Waals surface area contributed by atoms with Crippen LogP contribution in [0.5, 0.6) is 0 Å². The fraction of sp³-hybridized carbons (Fsp3) is 0.667. The summed E-state index contributed by atoms with van der Waals surface area (Å²) in [6.45, 7) is 3.23. The molecule has 4 nitrogen and oxygen atoms in total. The predicted octanol–water partition coefficient (Wildman–Crippen LogP) is 3.06. The van der Waals surface area contributed by atoms with E-state index < -0.39 is 0 Å². The molecule has 0 bridgehead atoms. The number of nitrogens with two attached hydrogens (primary N) is 1. The molecule has 3 atom stereocenters. The molecular weight excluding hydrogens is 312 g/mol. The van der Waals surface area contributed by atoms with Crippen molar-refractivity contribution in [2.24, 2.45) is 17.6 Å². The summed E-state index contributed by atoms with van der Waals surface area (Å²) in [4.78, 5) is 15.2. The zero-order chi connectivity index (χ0) is 17.2. The van der Waals surface area contributed by atoms with Crippen molar-refractivity contribution in [1.29, 1.82) is 0 Å². The van der Waals surface area contributed by atoms with Gasteiger partial charge in [0.05, 0.1) is 6.10 Å². The molecule has 1 aliphatic carbocycles. The summed E-state index contributed by atoms with van der Waals surface area (Å²) in [5.74, 6) is 1.64. The molecule has 25 heavy (non-hydrogen) atoms. The number of carbonyl (C=O) groups excluding carboxylic acids is 1. The molecule has 2 aliphatic heterocycles. The fourth-order valence-electron chi connectivity index (χ4n) is 5.12. The summed E-state index contributed by atoms with van der Waals surface area (Å²) in [7, 11) is 0. The van der Waals surface area contributed by atoms with Gasteiger partial charge >= 0.3 is 0 Å². The number of rotatable bonds is 3. The zero-order valence-corrected chi connectivity index (χ0v) is 15.0. The molecule has 2 saturated heterocycles. The quantitative estimate of drug-likeness (QED) is 0.918. The minimum atomic E-state index is 0.207. The van der Waals surface area contributed by atoms with Gasteiger partial charge in [-0.15, -0.1) is 0 Å². The number of piperidine rings is 1. The van der Waals surface area contributed by atoms with Gasteiger partial charge in [-0.05, 0) is 55.1 Å². The standard InChI is InChI=1S/C21H30N2O2/c22-14-15-3-1-4-17(13-15)16-7-10-23(11-8-16)21(24)19-5-2-6-20-18(19)9-12-25-20/h1,3-4,13,16,18-20H,2,5-12,14,22H2. The second-order valence-corrected chi connectivity index (χ2v) is 7.95. The van der Waals surface area contributed by atoms with E-state index in [-0.39, 0.29) is 5.92 Å². The van der Waals surface area contributed by atoms with Crippen molar-refractivity contribution in [1.82, 2.24) is 4.90 Å². The third-order valence-electron chi connectivity index (χ3n) is 6.56. The molecule has 0 aromatic heterocycles. The van der Waals surface area contributed by atoms with Crippen LogP contribution in [0.4, 0.5) is 0 Å². The van der Waals surface area contributed by atoms with Gasteiger partial charge in [0.25, 0.3) is 0 Å². The third-order valence-corrected chi connectivity index (χ3v) is 6.56. The molecule has 1 amide bonds. The number of carbonyl (C=O) groups is 1. The van der Waals surface area contributed by atoms with E-state index in [2.05, 4.69) is 29.2 Å². The molecule has 1 aromatic carbocycles. The largest absolute Gasteiger partial charge is 0.378 e. The molecule has 0 spiro atoms. The van der Waals surface area contributed by atoms with E-state index in [1.807, 2.05) is 0 Å². The zero-order valence-electron chi connectivity index (χ0n) is 15.0. The van der Waals surface area contributed by atoms with Crippen LogP contribution in [0.25, 0.3) is 0 Å². The van der Waals surface area contributed by atoms with Crippen molar-refractivity contribution in [2.75, 3.05) is 19.7 Å². The molecule has 3 fully saturated rings. The maximum absolute atomic E-state index is 13.1. The van der Waals surface area contributed by atoms with Gasteiger partial charge < -0.3 is 15.4 Å². The molecule has 4 rings (SSSR count). The average molecular weight is 342 g/mol. The summed E-state index contributed by atoms with van der Waals surface area (Å²) in [6, 6.07) is 8.65. The Morgan fingerprint density at radius 1 is 1.16 bits per heavy atom. The Hall–Kier alpha value is -1.39. The highest BCUT2D eigenvalue weighted by atomic mass is 16.5. The summed E-state index contributed by atoms with van der Waals surface area (Å²) >= 11 is 0. The molecule has 0 radical (unpaired) electrons. The Kier molecular flexibility index (Phi) is 5.09. The van der Waals surface area contributed by atoms with Crippen LogP contribution in [-0.2, 0) is 16.1 Å². The van der Waals surface area contributed by atoms with Crippen LogP contribution < -0.4 is 5.73 Å². The summed E-state index contributed by atoms with van der Waals surface area (Å²) in [5.41, 5.74) is 8.36. The van der Waals surface area contributed by atoms with Gasteiger partial charge in [0.1, 0.15) is 0 Å². The van der Waals surface area contributed by atoms with Crippen molar-refractivity contribution in [3.63, 3.8) is 0 Å². The van der Waals surface area contributed by atoms with Crippen molar-refractivity contribution in [2.45, 2.75) is 57.1 Å². The second-order valence-electron chi connectivity index (χ2n) is 7.95. The summed E-state index contributed by atoms with van der Waals surface area (Å²) in [6.07, 6.45) is 6.90. The first-order valence-electron chi connectivity index (χ1n) is 9.95. The number of nitrogens with zero attached hydrogens (tertiary/aromatic N) is 1. The normalized spacial score (nSPS) is 30.3. The van der Waals surface area contributed by atoms with Gasteiger partial charge in [-0.2, -0.15) is 0 Å². The Bertz CT molecular complexity index is 610. The van der Waals surface area contributed by atoms with E-state index in [0.29, 0.717) is 30.4 Å². The molecule has 2 N–H and O–H groups in total. The first kappa shape index (κ1) is 17.0. The third kappa shape index (κ3) is 3.47. The highest BCUT2D eigenvalue weighted by Crippen LogP contribution is 2.40. The molecule has 3 aliphatic rings. The van der Waals surface area contributed by atoms with Crippen LogP contribution in [0.1, 0.15) is 55.6 Å². The molecule has 1 aromatic rings. The lowest BCUT2D eigenvalue weighted by Crippen LogP contribution is -2.45. The van der Waals surface area contributed by atoms with Gasteiger partial charge in [0, 0.05) is 32.2 Å². The van der Waals surface area contributed by atoms with E-state index in [4.69, 9.17) is 10.5 Å². The van der Waals surface area contributed by atoms with Crippen molar-refractivity contribution >= 4 is 5.91 Å². The van der Waals surface area contributed by atoms with Gasteiger partial charge in [-0.25, -0.2) is 0 Å². The first-order chi connectivity index (χ1) is 12.3. The number of amides is 1. The molecule has 136 valence electrons. The Balaban J connectivity index is 1.37. The number of fused-ring (bicyclic) bond motifs is 1. The highest BCUT2D eigenvalue weighted by Gasteiger charge is 2.42. The smallest absolute Gasteiger partial charge is 0.226 e. The number of ether oxygens (including phenoxy) is 1. The van der Waals surface area contributed by atoms with Crippen molar-refractivity contribution in [3.8, 4) is 0 Å². The summed E-state index contributed by atoms with van der Waals surface area (Å²) < 4.78 is 5.84. The second kappa shape index (κ2) is 7.46. The van der Waals surface area contributed by atoms with Crippen molar-refractivity contribution < 1.29 is 9.53 Å². The predicted molar refractivity (Wildman–Crippen MR) is 98.1 cm³/mol. The van der Waals surface area contributed by atoms with Crippen LogP contribution in [-0.4, -0.2) is 36.6 Å². The molecule has 2 heterocycles. The fourth-order valence-corrected chi connectivity index (χ4v) is 5.12. The Morgan fingerprint density at radius 3 is 2.80 bits per heavy atom. The van der Waals surface area contributed by atoms with Crippen LogP contribution in [0.2, 0.25) is 0 Å². The number of benzene rings is 1. The van der Waals surface area contributed by atoms with E-state index in [0.717, 1.165) is 58.2 Å². The van der Waals surface area contributed by atoms with Gasteiger partial charge in [0.2, 0.25) is 5.91 Å². The SMILES string of the molecule is NCc1cccc(C2CCN(C(=O)C3CCCC4OCCC43)CC2)c1. The molecule has 3 unspecified atom stereocenters. The Morgan fingerprint density at radius 2 is 2.00 bits per heavy atom. The molecule has 4 heteroatoms. The lowest BCUT2D eigenvalue weighted by Gasteiger charge is -2.38. The lowest BCUT2D eigenvalue weighted by atomic mass is 9.76. The lowest BCUT2D eigenvalue weighted by molar-refractivity contribution is -0.141. The van der Waals surface area contributed by atoms with Crippen LogP contribution in [0.15, 0.2) is 24.3 Å². The minimum Gasteiger partial charge on any atom is -0.378 e. The number of likely N-dealkylation sites (tertiary alicyclic amines) is 1. The number of hydrogen-bond acceptors (Lipinski definition) is 3. The van der Waals surface area contributed by atoms with Gasteiger partial charge in [-0.1, -0.05) is 30.7 Å². The van der Waals surface area contributed by atoms with E-state index in [1.54, 1.807) is 0 Å². The maximum atomic E-state index is 13.1. The van der Waals surface area contributed by atoms with Crippen molar-refractivity contribution in [3.05, 3.63) is 35.4 Å². The monoisotopic (exact) mass is 342 g/mol. The van der Waals surface area contributed by atoms with E-state index in [9.17, 15) is 4.79 Å². The Labute approximate surface area is 150 Å². The topological polar surface area (TPSA) is 55.6 Å². The van der Waals surface area contributed by atoms with E-state index in [1.165, 1.54) is 11.1 Å². The van der Waals surface area contributed by atoms with Crippen LogP contribution in [0.3, 0.4) is 0 Å². The molecule has 1 saturated carbocycles. The molecular formula is C21H30N2O2.